The molecule has 24 heavy (non-hydrogen) atoms. The fourth-order valence-electron chi connectivity index (χ4n) is 4.12. The number of nitrogens with zero attached hydrogens (tertiary/aromatic N) is 2. The molecule has 1 saturated carbocycles. The van der Waals surface area contributed by atoms with E-state index in [2.05, 4.69) is 9.88 Å². The molecule has 0 unspecified atom stereocenters. The van der Waals surface area contributed by atoms with Gasteiger partial charge in [0, 0.05) is 23.5 Å². The summed E-state index contributed by atoms with van der Waals surface area (Å²) in [5.74, 6) is 0.478. The second-order valence-corrected chi connectivity index (χ2v) is 7.66. The Hall–Kier alpha value is -1.75. The Kier molecular flexibility index (Phi) is 4.35. The first kappa shape index (κ1) is 15.8. The first-order valence-corrected chi connectivity index (χ1v) is 9.63. The predicted octanol–water partition coefficient (Wildman–Crippen LogP) is 4.74. The maximum Gasteiger partial charge on any atom is 0.273 e. The Morgan fingerprint density at radius 3 is 2.71 bits per heavy atom. The van der Waals surface area contributed by atoms with Crippen LogP contribution >= 0.6 is 11.3 Å². The fraction of sp³-hybridized carbons (Fsp3) is 0.474. The molecular formula is C19H21FN2OS. The van der Waals surface area contributed by atoms with E-state index in [0.717, 1.165) is 30.0 Å². The minimum atomic E-state index is -0.261. The summed E-state index contributed by atoms with van der Waals surface area (Å²) in [6.45, 7) is 0.851. The van der Waals surface area contributed by atoms with Gasteiger partial charge in [-0.3, -0.25) is 4.79 Å². The van der Waals surface area contributed by atoms with Crippen LogP contribution < -0.4 is 0 Å². The second kappa shape index (κ2) is 6.63. The van der Waals surface area contributed by atoms with Gasteiger partial charge >= 0.3 is 0 Å². The van der Waals surface area contributed by atoms with Gasteiger partial charge in [0.05, 0.1) is 0 Å². The largest absolute Gasteiger partial charge is 0.334 e. The van der Waals surface area contributed by atoms with Crippen LogP contribution in [0, 0.1) is 11.7 Å². The molecule has 0 N–H and O–H groups in total. The van der Waals surface area contributed by atoms with E-state index >= 15 is 0 Å². The molecule has 0 bridgehead atoms. The van der Waals surface area contributed by atoms with Gasteiger partial charge in [-0.15, -0.1) is 11.3 Å². The highest BCUT2D eigenvalue weighted by atomic mass is 32.1. The van der Waals surface area contributed by atoms with Crippen LogP contribution in [0.15, 0.2) is 29.6 Å². The number of rotatable bonds is 2. The fourth-order valence-corrected chi connectivity index (χ4v) is 4.92. The zero-order valence-electron chi connectivity index (χ0n) is 13.6. The lowest BCUT2D eigenvalue weighted by Crippen LogP contribution is -2.49. The van der Waals surface area contributed by atoms with E-state index in [4.69, 9.17) is 0 Å². The topological polar surface area (TPSA) is 33.2 Å². The summed E-state index contributed by atoms with van der Waals surface area (Å²) < 4.78 is 13.1. The summed E-state index contributed by atoms with van der Waals surface area (Å²) in [6.07, 6.45) is 7.27. The maximum absolute atomic E-state index is 13.1. The number of carbonyl (C=O) groups is 1. The van der Waals surface area contributed by atoms with Crippen molar-refractivity contribution >= 4 is 17.2 Å². The van der Waals surface area contributed by atoms with Gasteiger partial charge in [0.25, 0.3) is 5.91 Å². The van der Waals surface area contributed by atoms with Gasteiger partial charge in [-0.05, 0) is 55.9 Å². The lowest BCUT2D eigenvalue weighted by Gasteiger charge is -2.43. The molecule has 126 valence electrons. The predicted molar refractivity (Wildman–Crippen MR) is 93.5 cm³/mol. The average molecular weight is 344 g/mol. The van der Waals surface area contributed by atoms with Gasteiger partial charge in [0.2, 0.25) is 0 Å². The quantitative estimate of drug-likeness (QED) is 0.788. The third kappa shape index (κ3) is 2.97. The van der Waals surface area contributed by atoms with Crippen LogP contribution in [-0.2, 0) is 0 Å². The Morgan fingerprint density at radius 1 is 1.12 bits per heavy atom. The van der Waals surface area contributed by atoms with Crippen molar-refractivity contribution in [2.24, 2.45) is 5.92 Å². The van der Waals surface area contributed by atoms with E-state index in [9.17, 15) is 9.18 Å². The number of hydrogen-bond donors (Lipinski definition) is 0. The highest BCUT2D eigenvalue weighted by molar-refractivity contribution is 7.13. The number of amides is 1. The molecule has 2 heterocycles. The Bertz CT molecular complexity index is 725. The second-order valence-electron chi connectivity index (χ2n) is 6.80. The van der Waals surface area contributed by atoms with E-state index in [0.29, 0.717) is 17.7 Å². The van der Waals surface area contributed by atoms with Crippen LogP contribution in [0.4, 0.5) is 4.39 Å². The Balaban J connectivity index is 1.55. The first-order valence-electron chi connectivity index (χ1n) is 8.75. The molecule has 1 aliphatic carbocycles. The molecule has 2 aromatic rings. The van der Waals surface area contributed by atoms with Crippen molar-refractivity contribution in [1.29, 1.82) is 0 Å². The molecule has 1 aliphatic heterocycles. The van der Waals surface area contributed by atoms with Crippen molar-refractivity contribution < 1.29 is 9.18 Å². The van der Waals surface area contributed by atoms with Crippen molar-refractivity contribution in [2.45, 2.75) is 44.6 Å². The van der Waals surface area contributed by atoms with E-state index in [-0.39, 0.29) is 11.7 Å². The van der Waals surface area contributed by atoms with Crippen LogP contribution in [0.3, 0.4) is 0 Å². The van der Waals surface area contributed by atoms with E-state index in [1.165, 1.54) is 49.2 Å². The molecule has 1 aromatic carbocycles. The van der Waals surface area contributed by atoms with Gasteiger partial charge in [-0.25, -0.2) is 9.37 Å². The minimum Gasteiger partial charge on any atom is -0.334 e. The zero-order chi connectivity index (χ0) is 16.5. The average Bonchev–Trinajstić information content (AvgIpc) is 3.11. The van der Waals surface area contributed by atoms with Crippen molar-refractivity contribution in [1.82, 2.24) is 9.88 Å². The third-order valence-electron chi connectivity index (χ3n) is 5.32. The highest BCUT2D eigenvalue weighted by Crippen LogP contribution is 2.36. The van der Waals surface area contributed by atoms with Crippen LogP contribution in [0.1, 0.15) is 49.0 Å². The summed E-state index contributed by atoms with van der Waals surface area (Å²) >= 11 is 1.45. The molecule has 1 aromatic heterocycles. The van der Waals surface area contributed by atoms with E-state index in [1.807, 2.05) is 5.38 Å². The van der Waals surface area contributed by atoms with Crippen molar-refractivity contribution in [3.05, 3.63) is 41.2 Å². The number of aromatic nitrogens is 1. The molecule has 5 heteroatoms. The summed E-state index contributed by atoms with van der Waals surface area (Å²) in [6, 6.07) is 6.67. The minimum absolute atomic E-state index is 0.0659. The van der Waals surface area contributed by atoms with E-state index < -0.39 is 0 Å². The van der Waals surface area contributed by atoms with Crippen LogP contribution in [-0.4, -0.2) is 28.4 Å². The number of thiazole rings is 1. The molecule has 2 fully saturated rings. The lowest BCUT2D eigenvalue weighted by atomic mass is 9.78. The van der Waals surface area contributed by atoms with Gasteiger partial charge in [-0.1, -0.05) is 12.8 Å². The highest BCUT2D eigenvalue weighted by Gasteiger charge is 2.36. The van der Waals surface area contributed by atoms with Crippen molar-refractivity contribution in [2.75, 3.05) is 6.54 Å². The summed E-state index contributed by atoms with van der Waals surface area (Å²) in [5, 5.41) is 2.61. The van der Waals surface area contributed by atoms with Gasteiger partial charge in [-0.2, -0.15) is 0 Å². The van der Waals surface area contributed by atoms with Crippen molar-refractivity contribution in [3.63, 3.8) is 0 Å². The number of piperidine rings is 1. The number of carbonyl (C=O) groups excluding carboxylic acids is 1. The third-order valence-corrected chi connectivity index (χ3v) is 6.21. The van der Waals surface area contributed by atoms with Gasteiger partial charge in [0.1, 0.15) is 16.5 Å². The molecule has 1 amide bonds. The number of benzene rings is 1. The number of halogens is 1. The summed E-state index contributed by atoms with van der Waals surface area (Å²) in [7, 11) is 0. The molecule has 0 radical (unpaired) electrons. The lowest BCUT2D eigenvalue weighted by molar-refractivity contribution is 0.0386. The van der Waals surface area contributed by atoms with Crippen LogP contribution in [0.5, 0.6) is 0 Å². The number of fused-ring (bicyclic) bond motifs is 1. The number of likely N-dealkylation sites (tertiary alicyclic amines) is 1. The van der Waals surface area contributed by atoms with Crippen LogP contribution in [0.2, 0.25) is 0 Å². The molecule has 1 saturated heterocycles. The number of hydrogen-bond acceptors (Lipinski definition) is 3. The van der Waals surface area contributed by atoms with E-state index in [1.54, 1.807) is 12.1 Å². The molecule has 2 atom stereocenters. The normalized spacial score (nSPS) is 23.8. The SMILES string of the molecule is O=C(c1csc(-c2ccc(F)cc2)n1)N1CCC[C@@H]2CCCC[C@H]21. The molecular weight excluding hydrogens is 323 g/mol. The Labute approximate surface area is 145 Å². The van der Waals surface area contributed by atoms with Gasteiger partial charge < -0.3 is 4.90 Å². The first-order chi connectivity index (χ1) is 11.7. The van der Waals surface area contributed by atoms with Gasteiger partial charge in [0.15, 0.2) is 0 Å². The monoisotopic (exact) mass is 344 g/mol. The maximum atomic E-state index is 13.1. The van der Waals surface area contributed by atoms with Crippen LogP contribution in [0.25, 0.3) is 10.6 Å². The Morgan fingerprint density at radius 2 is 1.88 bits per heavy atom. The molecule has 3 nitrogen and oxygen atoms in total. The molecule has 2 aliphatic rings. The zero-order valence-corrected chi connectivity index (χ0v) is 14.4. The summed E-state index contributed by atoms with van der Waals surface area (Å²) in [4.78, 5) is 19.6. The standard InChI is InChI=1S/C19H21FN2OS/c20-15-9-7-14(8-10-15)18-21-16(12-24-18)19(23)22-11-3-5-13-4-1-2-6-17(13)22/h7-10,12-13,17H,1-6,11H2/t13-,17+/m0/s1. The molecule has 0 spiro atoms. The molecule has 4 rings (SSSR count). The smallest absolute Gasteiger partial charge is 0.273 e. The van der Waals surface area contributed by atoms with Crippen molar-refractivity contribution in [3.8, 4) is 10.6 Å². The summed E-state index contributed by atoms with van der Waals surface area (Å²) in [5.41, 5.74) is 1.39.